The van der Waals surface area contributed by atoms with Crippen LogP contribution in [-0.4, -0.2) is 23.9 Å². The number of likely N-dealkylation sites (N-methyl/N-ethyl adjacent to an activating group) is 1. The largest absolute Gasteiger partial charge is 0.314 e. The third-order valence-corrected chi connectivity index (χ3v) is 3.41. The molecule has 0 saturated carbocycles. The van der Waals surface area contributed by atoms with Crippen molar-refractivity contribution in [2.75, 3.05) is 13.6 Å². The molecule has 1 N–H and O–H groups in total. The van der Waals surface area contributed by atoms with Crippen LogP contribution in [0.1, 0.15) is 17.0 Å². The summed E-state index contributed by atoms with van der Waals surface area (Å²) in [7, 11) is 1.70. The summed E-state index contributed by atoms with van der Waals surface area (Å²) in [5.74, 6) is 0.275. The smallest absolute Gasteiger partial charge is 0.0345 e. The van der Waals surface area contributed by atoms with E-state index >= 15 is 0 Å². The van der Waals surface area contributed by atoms with E-state index in [0.717, 1.165) is 0 Å². The van der Waals surface area contributed by atoms with Gasteiger partial charge in [0, 0.05) is 19.5 Å². The Morgan fingerprint density at radius 3 is 1.88 bits per heavy atom. The maximum absolute atomic E-state index is 9.50. The molecule has 1 aliphatic rings. The lowest BCUT2D eigenvalue weighted by Crippen LogP contribution is -2.20. The molecule has 3 rings (SSSR count). The molecular weight excluding hydrogens is 210 g/mol. The molecule has 1 aliphatic carbocycles. The minimum absolute atomic E-state index is 0.275. The molecule has 0 unspecified atom stereocenters. The minimum Gasteiger partial charge on any atom is -0.314 e. The van der Waals surface area contributed by atoms with E-state index in [9.17, 15) is 5.21 Å². The van der Waals surface area contributed by atoms with Gasteiger partial charge in [-0.2, -0.15) is 5.06 Å². The number of hydroxylamine groups is 2. The quantitative estimate of drug-likeness (QED) is 0.794. The van der Waals surface area contributed by atoms with Gasteiger partial charge in [0.1, 0.15) is 0 Å². The summed E-state index contributed by atoms with van der Waals surface area (Å²) in [6.45, 7) is 0.633. The Bertz CT molecular complexity index is 503. The number of benzene rings is 2. The minimum atomic E-state index is 0.275. The Morgan fingerprint density at radius 2 is 1.41 bits per heavy atom. The average molecular weight is 225 g/mol. The van der Waals surface area contributed by atoms with E-state index in [1.54, 1.807) is 7.05 Å². The van der Waals surface area contributed by atoms with Gasteiger partial charge >= 0.3 is 0 Å². The fraction of sp³-hybridized carbons (Fsp3) is 0.200. The van der Waals surface area contributed by atoms with Crippen LogP contribution in [0.3, 0.4) is 0 Å². The maximum Gasteiger partial charge on any atom is 0.0345 e. The van der Waals surface area contributed by atoms with Gasteiger partial charge in [0.25, 0.3) is 0 Å². The molecule has 0 amide bonds. The SMILES string of the molecule is CN(O)CC1c2ccccc2-c2ccccc21. The zero-order valence-corrected chi connectivity index (χ0v) is 9.80. The predicted molar refractivity (Wildman–Crippen MR) is 68.1 cm³/mol. The van der Waals surface area contributed by atoms with Crippen LogP contribution >= 0.6 is 0 Å². The second-order valence-corrected chi connectivity index (χ2v) is 4.57. The van der Waals surface area contributed by atoms with Gasteiger partial charge in [-0.1, -0.05) is 48.5 Å². The molecule has 0 aromatic heterocycles. The van der Waals surface area contributed by atoms with Crippen molar-refractivity contribution in [3.8, 4) is 11.1 Å². The highest BCUT2D eigenvalue weighted by atomic mass is 16.5. The third kappa shape index (κ3) is 1.66. The molecule has 2 heteroatoms. The zero-order chi connectivity index (χ0) is 11.8. The van der Waals surface area contributed by atoms with Crippen molar-refractivity contribution in [1.82, 2.24) is 5.06 Å². The van der Waals surface area contributed by atoms with Crippen molar-refractivity contribution in [3.63, 3.8) is 0 Å². The third-order valence-electron chi connectivity index (χ3n) is 3.41. The van der Waals surface area contributed by atoms with Crippen molar-refractivity contribution in [1.29, 1.82) is 0 Å². The van der Waals surface area contributed by atoms with Crippen molar-refractivity contribution in [2.24, 2.45) is 0 Å². The molecule has 0 saturated heterocycles. The van der Waals surface area contributed by atoms with E-state index in [-0.39, 0.29) is 5.92 Å². The number of nitrogens with zero attached hydrogens (tertiary/aromatic N) is 1. The van der Waals surface area contributed by atoms with E-state index in [4.69, 9.17) is 0 Å². The molecule has 0 aliphatic heterocycles. The molecule has 17 heavy (non-hydrogen) atoms. The lowest BCUT2D eigenvalue weighted by atomic mass is 9.97. The van der Waals surface area contributed by atoms with Gasteiger partial charge in [0.15, 0.2) is 0 Å². The molecule has 2 aromatic carbocycles. The number of fused-ring (bicyclic) bond motifs is 3. The normalized spacial score (nSPS) is 13.8. The lowest BCUT2D eigenvalue weighted by Gasteiger charge is -2.17. The van der Waals surface area contributed by atoms with Crippen LogP contribution < -0.4 is 0 Å². The van der Waals surface area contributed by atoms with E-state index in [0.29, 0.717) is 6.54 Å². The van der Waals surface area contributed by atoms with Crippen LogP contribution in [0.15, 0.2) is 48.5 Å². The Morgan fingerprint density at radius 1 is 0.941 bits per heavy atom. The molecular formula is C15H15NO. The molecule has 86 valence electrons. The summed E-state index contributed by atoms with van der Waals surface area (Å²) in [4.78, 5) is 0. The van der Waals surface area contributed by atoms with Crippen molar-refractivity contribution in [3.05, 3.63) is 59.7 Å². The first kappa shape index (κ1) is 10.5. The summed E-state index contributed by atoms with van der Waals surface area (Å²) in [6.07, 6.45) is 0. The molecule has 0 bridgehead atoms. The van der Waals surface area contributed by atoms with Crippen LogP contribution in [0.25, 0.3) is 11.1 Å². The van der Waals surface area contributed by atoms with Crippen molar-refractivity contribution in [2.45, 2.75) is 5.92 Å². The fourth-order valence-corrected chi connectivity index (χ4v) is 2.72. The Balaban J connectivity index is 2.17. The Kier molecular flexibility index (Phi) is 2.46. The van der Waals surface area contributed by atoms with Crippen LogP contribution in [0.4, 0.5) is 0 Å². The molecule has 0 radical (unpaired) electrons. The van der Waals surface area contributed by atoms with Crippen LogP contribution in [0, 0.1) is 0 Å². The summed E-state index contributed by atoms with van der Waals surface area (Å²) in [5.41, 5.74) is 5.23. The molecule has 0 atom stereocenters. The summed E-state index contributed by atoms with van der Waals surface area (Å²) >= 11 is 0. The molecule has 2 nitrogen and oxygen atoms in total. The van der Waals surface area contributed by atoms with Gasteiger partial charge in [-0.05, 0) is 22.3 Å². The number of hydrogen-bond donors (Lipinski definition) is 1. The van der Waals surface area contributed by atoms with E-state index in [1.807, 2.05) is 0 Å². The van der Waals surface area contributed by atoms with Gasteiger partial charge in [0.2, 0.25) is 0 Å². The number of rotatable bonds is 2. The van der Waals surface area contributed by atoms with Crippen LogP contribution in [0.5, 0.6) is 0 Å². The predicted octanol–water partition coefficient (Wildman–Crippen LogP) is 3.12. The van der Waals surface area contributed by atoms with Gasteiger partial charge in [-0.3, -0.25) is 0 Å². The second-order valence-electron chi connectivity index (χ2n) is 4.57. The molecule has 0 fully saturated rings. The van der Waals surface area contributed by atoms with Gasteiger partial charge in [-0.15, -0.1) is 0 Å². The first-order valence-electron chi connectivity index (χ1n) is 5.85. The highest BCUT2D eigenvalue weighted by Gasteiger charge is 2.28. The van der Waals surface area contributed by atoms with Crippen molar-refractivity contribution < 1.29 is 5.21 Å². The standard InChI is InChI=1S/C15H15NO/c1-16(17)10-15-13-8-4-2-6-11(13)12-7-3-5-9-14(12)15/h2-9,15,17H,10H2,1H3. The highest BCUT2D eigenvalue weighted by Crippen LogP contribution is 2.44. The summed E-state index contributed by atoms with van der Waals surface area (Å²) < 4.78 is 0. The highest BCUT2D eigenvalue weighted by molar-refractivity contribution is 5.78. The van der Waals surface area contributed by atoms with Gasteiger partial charge in [0.05, 0.1) is 0 Å². The Labute approximate surface area is 101 Å². The van der Waals surface area contributed by atoms with E-state index < -0.39 is 0 Å². The first-order valence-corrected chi connectivity index (χ1v) is 5.85. The lowest BCUT2D eigenvalue weighted by molar-refractivity contribution is -0.0666. The fourth-order valence-electron chi connectivity index (χ4n) is 2.72. The van der Waals surface area contributed by atoms with Crippen molar-refractivity contribution >= 4 is 0 Å². The Hall–Kier alpha value is -1.64. The maximum atomic E-state index is 9.50. The summed E-state index contributed by atoms with van der Waals surface area (Å²) in [5, 5.41) is 10.8. The average Bonchev–Trinajstić information content (AvgIpc) is 2.65. The molecule has 0 heterocycles. The van der Waals surface area contributed by atoms with Crippen LogP contribution in [0.2, 0.25) is 0 Å². The zero-order valence-electron chi connectivity index (χ0n) is 9.80. The summed E-state index contributed by atoms with van der Waals surface area (Å²) in [6, 6.07) is 16.9. The van der Waals surface area contributed by atoms with E-state index in [1.165, 1.54) is 27.3 Å². The molecule has 2 aromatic rings. The number of hydrogen-bond acceptors (Lipinski definition) is 2. The van der Waals surface area contributed by atoms with Crippen LogP contribution in [-0.2, 0) is 0 Å². The topological polar surface area (TPSA) is 23.5 Å². The second kappa shape index (κ2) is 3.99. The van der Waals surface area contributed by atoms with Gasteiger partial charge < -0.3 is 5.21 Å². The molecule has 0 spiro atoms. The first-order chi connectivity index (χ1) is 8.27. The van der Waals surface area contributed by atoms with E-state index in [2.05, 4.69) is 48.5 Å². The van der Waals surface area contributed by atoms with Gasteiger partial charge in [-0.25, -0.2) is 0 Å². The monoisotopic (exact) mass is 225 g/mol.